The molecule has 72 heavy (non-hydrogen) atoms. The first-order valence-electron chi connectivity index (χ1n) is 25.3. The van der Waals surface area contributed by atoms with Gasteiger partial charge >= 0.3 is 5.97 Å². The van der Waals surface area contributed by atoms with Crippen molar-refractivity contribution < 1.29 is 29.0 Å². The maximum atomic E-state index is 13.6. The van der Waals surface area contributed by atoms with E-state index in [1.54, 1.807) is 6.07 Å². The Labute approximate surface area is 422 Å². The average Bonchev–Trinajstić information content (AvgIpc) is 3.96. The number of pyridine rings is 1. The van der Waals surface area contributed by atoms with E-state index < -0.39 is 11.9 Å². The van der Waals surface area contributed by atoms with Crippen LogP contribution >= 0.6 is 11.3 Å². The molecule has 7 aromatic rings. The third-order valence-corrected chi connectivity index (χ3v) is 16.3. The van der Waals surface area contributed by atoms with Crippen LogP contribution in [0.25, 0.3) is 21.1 Å². The minimum Gasteiger partial charge on any atom is -0.489 e. The van der Waals surface area contributed by atoms with Crippen LogP contribution in [-0.4, -0.2) is 92.7 Å². The van der Waals surface area contributed by atoms with Crippen molar-refractivity contribution in [2.75, 3.05) is 54.4 Å². The number of piperidine rings is 3. The van der Waals surface area contributed by atoms with Crippen LogP contribution in [0.15, 0.2) is 97.1 Å². The van der Waals surface area contributed by atoms with E-state index in [0.29, 0.717) is 72.0 Å². The molecule has 1 atom stereocenters. The molecule has 3 amide bonds. The van der Waals surface area contributed by atoms with Crippen molar-refractivity contribution in [2.45, 2.75) is 76.9 Å². The third-order valence-electron chi connectivity index (χ3n) is 15.3. The maximum absolute atomic E-state index is 13.6. The molecule has 11 rings (SSSR count). The molecule has 4 aromatic carbocycles. The predicted octanol–water partition coefficient (Wildman–Crippen LogP) is 8.75. The fraction of sp³-hybridized carbons (Fsp3) is 0.375. The first-order chi connectivity index (χ1) is 35.1. The molecule has 3 fully saturated rings. The van der Waals surface area contributed by atoms with Crippen molar-refractivity contribution >= 4 is 72.8 Å². The zero-order valence-electron chi connectivity index (χ0n) is 40.5. The number of thiazole rings is 1. The number of hydrogen-bond donors (Lipinski definition) is 3. The highest BCUT2D eigenvalue weighted by atomic mass is 32.1. The summed E-state index contributed by atoms with van der Waals surface area (Å²) in [6, 6.07) is 31.8. The number of ether oxygens (including phenoxy) is 1. The van der Waals surface area contributed by atoms with Crippen LogP contribution in [0.4, 0.5) is 16.6 Å². The summed E-state index contributed by atoms with van der Waals surface area (Å²) in [6.45, 7) is 6.53. The Morgan fingerprint density at radius 1 is 0.833 bits per heavy atom. The van der Waals surface area contributed by atoms with Gasteiger partial charge in [-0.3, -0.25) is 29.7 Å². The van der Waals surface area contributed by atoms with E-state index in [-0.39, 0.29) is 30.0 Å². The van der Waals surface area contributed by atoms with Gasteiger partial charge in [0.15, 0.2) is 10.8 Å². The Kier molecular flexibility index (Phi) is 13.4. The van der Waals surface area contributed by atoms with Crippen LogP contribution in [0.3, 0.4) is 0 Å². The second-order valence-electron chi connectivity index (χ2n) is 19.9. The lowest BCUT2D eigenvalue weighted by Crippen LogP contribution is -2.39. The van der Waals surface area contributed by atoms with Crippen LogP contribution < -0.4 is 25.2 Å². The molecule has 15 nitrogen and oxygen atoms in total. The summed E-state index contributed by atoms with van der Waals surface area (Å²) in [4.78, 5) is 66.9. The van der Waals surface area contributed by atoms with Crippen LogP contribution in [0, 0.1) is 11.8 Å². The summed E-state index contributed by atoms with van der Waals surface area (Å²) < 4.78 is 9.11. The second kappa shape index (κ2) is 20.5. The van der Waals surface area contributed by atoms with Gasteiger partial charge in [-0.05, 0) is 160 Å². The normalized spacial score (nSPS) is 18.1. The van der Waals surface area contributed by atoms with E-state index in [0.717, 1.165) is 89.9 Å². The summed E-state index contributed by atoms with van der Waals surface area (Å²) in [5.41, 5.74) is 8.01. The lowest BCUT2D eigenvalue weighted by molar-refractivity contribution is -0.134. The molecular formula is C56H59N9O6S. The highest BCUT2D eigenvalue weighted by molar-refractivity contribution is 7.22. The Morgan fingerprint density at radius 2 is 1.65 bits per heavy atom. The molecule has 0 radical (unpaired) electrons. The standard InChI is InChI=1S/C56H59N9O6S/c1-62-47-32-40(13-14-43(47)52(61-62)44-15-17-50(66)59-54(44)68)64-27-21-35(22-28-64)18-24-63-25-19-36(20-26-63)30-37-6-4-8-41(31-37)71-34-39-12-16-49(58-51(39)55(69)70)65-29-23-38-7-5-9-42(45(38)33-65)53(67)60-56-57-46-10-2-3-11-48(46)72-56/h2-14,16,31-32,35-36,44H,15,17-30,33-34H2,1H3,(H,69,70)(H,57,60,67)(H,59,66,68). The number of fused-ring (bicyclic) bond motifs is 3. The number of aryl methyl sites for hydroxylation is 1. The number of rotatable bonds is 14. The molecule has 0 aliphatic carbocycles. The van der Waals surface area contributed by atoms with Crippen molar-refractivity contribution in [1.29, 1.82) is 0 Å². The van der Waals surface area contributed by atoms with Crippen molar-refractivity contribution in [3.8, 4) is 5.75 Å². The van der Waals surface area contributed by atoms with Gasteiger partial charge < -0.3 is 24.5 Å². The van der Waals surface area contributed by atoms with Gasteiger partial charge in [0.2, 0.25) is 11.8 Å². The highest BCUT2D eigenvalue weighted by Gasteiger charge is 2.32. The number of nitrogens with one attached hydrogen (secondary N) is 2. The summed E-state index contributed by atoms with van der Waals surface area (Å²) in [5.74, 6) is 0.337. The molecule has 0 bridgehead atoms. The van der Waals surface area contributed by atoms with E-state index in [1.807, 2.05) is 77.3 Å². The number of carboxylic acids is 1. The summed E-state index contributed by atoms with van der Waals surface area (Å²) in [5, 5.41) is 22.0. The van der Waals surface area contributed by atoms with E-state index >= 15 is 0 Å². The number of hydrogen-bond acceptors (Lipinski definition) is 12. The van der Waals surface area contributed by atoms with Gasteiger partial charge in [-0.25, -0.2) is 14.8 Å². The fourth-order valence-corrected chi connectivity index (χ4v) is 12.1. The molecule has 370 valence electrons. The topological polar surface area (TPSA) is 175 Å². The smallest absolute Gasteiger partial charge is 0.354 e. The molecule has 1 unspecified atom stereocenters. The monoisotopic (exact) mass is 985 g/mol. The van der Waals surface area contributed by atoms with Crippen molar-refractivity contribution in [1.82, 2.24) is 30.0 Å². The molecule has 4 aliphatic rings. The van der Waals surface area contributed by atoms with Crippen LogP contribution in [-0.2, 0) is 42.6 Å². The van der Waals surface area contributed by atoms with Crippen LogP contribution in [0.1, 0.15) is 99.7 Å². The van der Waals surface area contributed by atoms with Gasteiger partial charge in [-0.2, -0.15) is 5.10 Å². The number of nitrogens with zero attached hydrogens (tertiary/aromatic N) is 7. The van der Waals surface area contributed by atoms with E-state index in [1.165, 1.54) is 41.9 Å². The fourth-order valence-electron chi connectivity index (χ4n) is 11.2. The number of anilines is 3. The van der Waals surface area contributed by atoms with Gasteiger partial charge in [-0.1, -0.05) is 47.7 Å². The lowest BCUT2D eigenvalue weighted by atomic mass is 9.89. The zero-order chi connectivity index (χ0) is 49.3. The SMILES string of the molecule is Cn1nc(C2CCC(=O)NC2=O)c2ccc(N3CCC(CCN4CCC(Cc5cccc(OCc6ccc(N7CCc8cccc(C(=O)Nc9nc%10ccccc%10s9)c8C7)nc6C(=O)O)c5)CC4)CC3)cc21. The van der Waals surface area contributed by atoms with E-state index in [2.05, 4.69) is 60.7 Å². The number of carbonyl (C=O) groups is 4. The molecule has 0 spiro atoms. The van der Waals surface area contributed by atoms with Gasteiger partial charge in [-0.15, -0.1) is 0 Å². The Hall–Kier alpha value is -7.17. The molecular weight excluding hydrogens is 927 g/mol. The quantitative estimate of drug-likeness (QED) is 0.0886. The van der Waals surface area contributed by atoms with Crippen molar-refractivity contribution in [3.05, 3.63) is 136 Å². The highest BCUT2D eigenvalue weighted by Crippen LogP contribution is 2.35. The predicted molar refractivity (Wildman–Crippen MR) is 279 cm³/mol. The molecule has 3 N–H and O–H groups in total. The Morgan fingerprint density at radius 3 is 2.47 bits per heavy atom. The summed E-state index contributed by atoms with van der Waals surface area (Å²) >= 11 is 1.44. The van der Waals surface area contributed by atoms with Gasteiger partial charge in [0.25, 0.3) is 5.91 Å². The molecule has 4 aliphatic heterocycles. The number of aromatic carboxylic acids is 1. The summed E-state index contributed by atoms with van der Waals surface area (Å²) in [6.07, 6.45) is 8.38. The second-order valence-corrected chi connectivity index (χ2v) is 20.9. The van der Waals surface area contributed by atoms with Crippen LogP contribution in [0.5, 0.6) is 5.75 Å². The Balaban J connectivity index is 0.636. The minimum absolute atomic E-state index is 0.0443. The average molecular weight is 986 g/mol. The molecule has 0 saturated carbocycles. The number of carbonyl (C=O) groups excluding carboxylic acids is 3. The number of carboxylic acid groups (broad SMARTS) is 1. The van der Waals surface area contributed by atoms with E-state index in [4.69, 9.17) is 9.84 Å². The number of likely N-dealkylation sites (tertiary alicyclic amines) is 1. The summed E-state index contributed by atoms with van der Waals surface area (Å²) in [7, 11) is 1.93. The largest absolute Gasteiger partial charge is 0.489 e. The lowest BCUT2D eigenvalue weighted by Gasteiger charge is -2.36. The molecule has 3 aromatic heterocycles. The first kappa shape index (κ1) is 47.2. The van der Waals surface area contributed by atoms with Gasteiger partial charge in [0.1, 0.15) is 18.2 Å². The number of imide groups is 1. The van der Waals surface area contributed by atoms with Gasteiger partial charge in [0.05, 0.1) is 27.3 Å². The number of amides is 3. The third kappa shape index (κ3) is 10.2. The van der Waals surface area contributed by atoms with Crippen molar-refractivity contribution in [2.24, 2.45) is 18.9 Å². The first-order valence-corrected chi connectivity index (χ1v) is 26.2. The number of para-hydroxylation sites is 1. The maximum Gasteiger partial charge on any atom is 0.354 e. The Bertz CT molecular complexity index is 3160. The molecule has 16 heteroatoms. The van der Waals surface area contributed by atoms with Crippen molar-refractivity contribution in [3.63, 3.8) is 0 Å². The number of benzene rings is 4. The minimum atomic E-state index is -1.12. The van der Waals surface area contributed by atoms with E-state index in [9.17, 15) is 24.3 Å². The van der Waals surface area contributed by atoms with Crippen LogP contribution in [0.2, 0.25) is 0 Å². The van der Waals surface area contributed by atoms with Gasteiger partial charge in [0, 0.05) is 61.8 Å². The zero-order valence-corrected chi connectivity index (χ0v) is 41.3. The number of aromatic nitrogens is 4. The molecule has 7 heterocycles. The molecule has 3 saturated heterocycles.